The van der Waals surface area contributed by atoms with Crippen LogP contribution in [0.1, 0.15) is 32.2 Å². The van der Waals surface area contributed by atoms with Gasteiger partial charge in [-0.3, -0.25) is 9.78 Å². The topological polar surface area (TPSA) is 68.9 Å². The van der Waals surface area contributed by atoms with Crippen LogP contribution in [-0.4, -0.2) is 15.8 Å². The second-order valence-electron chi connectivity index (χ2n) is 5.02. The molecule has 21 heavy (non-hydrogen) atoms. The van der Waals surface area contributed by atoms with E-state index in [2.05, 4.69) is 9.97 Å². The average molecular weight is 297 g/mol. The monoisotopic (exact) mass is 297 g/mol. The zero-order valence-corrected chi connectivity index (χ0v) is 12.9. The minimum Gasteiger partial charge on any atom is -0.397 e. The highest BCUT2D eigenvalue weighted by molar-refractivity contribution is 7.21. The Kier molecular flexibility index (Phi) is 3.22. The quantitative estimate of drug-likeness (QED) is 0.736. The van der Waals surface area contributed by atoms with Gasteiger partial charge in [0.15, 0.2) is 0 Å². The second kappa shape index (κ2) is 4.93. The summed E-state index contributed by atoms with van der Waals surface area (Å²) in [6, 6.07) is 5.27. The van der Waals surface area contributed by atoms with Crippen LogP contribution in [-0.2, 0) is 0 Å². The number of carbonyl (C=O) groups excluding carboxylic acids is 1. The van der Waals surface area contributed by atoms with Gasteiger partial charge in [-0.25, -0.2) is 4.98 Å². The van der Waals surface area contributed by atoms with Crippen LogP contribution in [0, 0.1) is 20.8 Å². The first kappa shape index (κ1) is 13.7. The SMILES string of the molecule is Cc1nc2sc(C(=O)c3ccccn3)c(N)c2c(C)c1C. The molecule has 3 heterocycles. The van der Waals surface area contributed by atoms with E-state index in [4.69, 9.17) is 5.73 Å². The van der Waals surface area contributed by atoms with Gasteiger partial charge in [-0.15, -0.1) is 11.3 Å². The Morgan fingerprint density at radius 1 is 1.19 bits per heavy atom. The minimum absolute atomic E-state index is 0.147. The van der Waals surface area contributed by atoms with Crippen molar-refractivity contribution in [1.29, 1.82) is 0 Å². The van der Waals surface area contributed by atoms with E-state index < -0.39 is 0 Å². The first-order valence-electron chi connectivity index (χ1n) is 6.62. The number of nitrogens with zero attached hydrogens (tertiary/aromatic N) is 2. The fourth-order valence-corrected chi connectivity index (χ4v) is 3.50. The van der Waals surface area contributed by atoms with Crippen LogP contribution in [0.3, 0.4) is 0 Å². The number of ketones is 1. The molecule has 0 saturated carbocycles. The summed E-state index contributed by atoms with van der Waals surface area (Å²) in [4.78, 5) is 22.6. The number of nitrogen functional groups attached to an aromatic ring is 1. The summed E-state index contributed by atoms with van der Waals surface area (Å²) in [6.07, 6.45) is 1.61. The fourth-order valence-electron chi connectivity index (χ4n) is 2.35. The second-order valence-corrected chi connectivity index (χ2v) is 6.02. The number of hydrogen-bond donors (Lipinski definition) is 1. The molecule has 0 atom stereocenters. The van der Waals surface area contributed by atoms with Crippen molar-refractivity contribution in [2.24, 2.45) is 0 Å². The molecule has 0 unspecified atom stereocenters. The predicted molar refractivity (Wildman–Crippen MR) is 85.9 cm³/mol. The van der Waals surface area contributed by atoms with Crippen LogP contribution in [0.15, 0.2) is 24.4 Å². The van der Waals surface area contributed by atoms with Crippen molar-refractivity contribution >= 4 is 33.0 Å². The maximum absolute atomic E-state index is 12.6. The number of pyridine rings is 2. The van der Waals surface area contributed by atoms with Crippen LogP contribution in [0.5, 0.6) is 0 Å². The van der Waals surface area contributed by atoms with Gasteiger partial charge in [0.25, 0.3) is 0 Å². The van der Waals surface area contributed by atoms with Crippen LogP contribution in [0.25, 0.3) is 10.2 Å². The first-order chi connectivity index (χ1) is 10.0. The Labute approximate surface area is 126 Å². The number of aromatic nitrogens is 2. The average Bonchev–Trinajstić information content (AvgIpc) is 2.82. The maximum atomic E-state index is 12.6. The van der Waals surface area contributed by atoms with E-state index in [1.54, 1.807) is 24.4 Å². The van der Waals surface area contributed by atoms with Crippen molar-refractivity contribution in [3.8, 4) is 0 Å². The highest BCUT2D eigenvalue weighted by atomic mass is 32.1. The maximum Gasteiger partial charge on any atom is 0.223 e. The van der Waals surface area contributed by atoms with Crippen molar-refractivity contribution < 1.29 is 4.79 Å². The van der Waals surface area contributed by atoms with Gasteiger partial charge in [-0.2, -0.15) is 0 Å². The Balaban J connectivity index is 2.24. The van der Waals surface area contributed by atoms with Crippen molar-refractivity contribution in [3.63, 3.8) is 0 Å². The molecular weight excluding hydrogens is 282 g/mol. The van der Waals surface area contributed by atoms with Gasteiger partial charge in [0.1, 0.15) is 15.4 Å². The largest absolute Gasteiger partial charge is 0.397 e. The highest BCUT2D eigenvalue weighted by Gasteiger charge is 2.21. The normalized spacial score (nSPS) is 11.0. The fraction of sp³-hybridized carbons (Fsp3) is 0.188. The molecule has 0 aromatic carbocycles. The van der Waals surface area contributed by atoms with E-state index >= 15 is 0 Å². The lowest BCUT2D eigenvalue weighted by Crippen LogP contribution is -2.04. The molecule has 2 N–H and O–H groups in total. The molecular formula is C16H15N3OS. The third-order valence-electron chi connectivity index (χ3n) is 3.78. The highest BCUT2D eigenvalue weighted by Crippen LogP contribution is 2.37. The lowest BCUT2D eigenvalue weighted by atomic mass is 10.0. The molecule has 4 nitrogen and oxygen atoms in total. The van der Waals surface area contributed by atoms with Crippen molar-refractivity contribution in [2.75, 3.05) is 5.73 Å². The smallest absolute Gasteiger partial charge is 0.223 e. The third-order valence-corrected chi connectivity index (χ3v) is 4.88. The zero-order valence-electron chi connectivity index (χ0n) is 12.1. The molecule has 0 fully saturated rings. The van der Waals surface area contributed by atoms with Crippen LogP contribution >= 0.6 is 11.3 Å². The summed E-state index contributed by atoms with van der Waals surface area (Å²) in [5.41, 5.74) is 10.3. The number of carbonyl (C=O) groups is 1. The third kappa shape index (κ3) is 2.10. The molecule has 3 aromatic rings. The van der Waals surface area contributed by atoms with E-state index in [0.29, 0.717) is 16.3 Å². The van der Waals surface area contributed by atoms with E-state index in [1.807, 2.05) is 20.8 Å². The zero-order chi connectivity index (χ0) is 15.1. The number of aryl methyl sites for hydroxylation is 2. The molecule has 0 bridgehead atoms. The van der Waals surface area contributed by atoms with Crippen LogP contribution in [0.2, 0.25) is 0 Å². The van der Waals surface area contributed by atoms with E-state index in [0.717, 1.165) is 27.0 Å². The van der Waals surface area contributed by atoms with Gasteiger partial charge in [-0.05, 0) is 44.0 Å². The Hall–Kier alpha value is -2.27. The van der Waals surface area contributed by atoms with Gasteiger partial charge >= 0.3 is 0 Å². The molecule has 5 heteroatoms. The van der Waals surface area contributed by atoms with Gasteiger partial charge in [-0.1, -0.05) is 6.07 Å². The molecule has 0 aliphatic heterocycles. The molecule has 0 aliphatic rings. The lowest BCUT2D eigenvalue weighted by Gasteiger charge is -2.05. The molecule has 0 amide bonds. The minimum atomic E-state index is -0.147. The number of fused-ring (bicyclic) bond motifs is 1. The van der Waals surface area contributed by atoms with E-state index in [-0.39, 0.29) is 5.78 Å². The van der Waals surface area contributed by atoms with Crippen molar-refractivity contribution in [1.82, 2.24) is 9.97 Å². The number of anilines is 1. The number of nitrogens with two attached hydrogens (primary N) is 1. The number of thiophene rings is 1. The summed E-state index contributed by atoms with van der Waals surface area (Å²) in [7, 11) is 0. The molecule has 0 spiro atoms. The summed E-state index contributed by atoms with van der Waals surface area (Å²) < 4.78 is 0. The summed E-state index contributed by atoms with van der Waals surface area (Å²) in [5, 5.41) is 0.891. The Morgan fingerprint density at radius 2 is 1.95 bits per heavy atom. The predicted octanol–water partition coefficient (Wildman–Crippen LogP) is 3.43. The van der Waals surface area contributed by atoms with Gasteiger partial charge in [0.2, 0.25) is 5.78 Å². The standard InChI is InChI=1S/C16H15N3OS/c1-8-9(2)12-13(17)15(21-16(12)19-10(8)3)14(20)11-6-4-5-7-18-11/h4-7H,17H2,1-3H3. The first-order valence-corrected chi connectivity index (χ1v) is 7.44. The van der Waals surface area contributed by atoms with E-state index in [9.17, 15) is 4.79 Å². The summed E-state index contributed by atoms with van der Waals surface area (Å²) >= 11 is 1.34. The molecule has 0 radical (unpaired) electrons. The van der Waals surface area contributed by atoms with Crippen LogP contribution in [0.4, 0.5) is 5.69 Å². The summed E-state index contributed by atoms with van der Waals surface area (Å²) in [6.45, 7) is 6.01. The molecule has 106 valence electrons. The lowest BCUT2D eigenvalue weighted by molar-refractivity contribution is 0.103. The molecule has 0 aliphatic carbocycles. The number of hydrogen-bond acceptors (Lipinski definition) is 5. The van der Waals surface area contributed by atoms with E-state index in [1.165, 1.54) is 11.3 Å². The van der Waals surface area contributed by atoms with Crippen molar-refractivity contribution in [3.05, 3.63) is 51.8 Å². The summed E-state index contributed by atoms with van der Waals surface area (Å²) in [5.74, 6) is -0.147. The molecule has 3 aromatic heterocycles. The molecule has 0 saturated heterocycles. The van der Waals surface area contributed by atoms with Gasteiger partial charge < -0.3 is 5.73 Å². The van der Waals surface area contributed by atoms with Crippen LogP contribution < -0.4 is 5.73 Å². The van der Waals surface area contributed by atoms with Crippen molar-refractivity contribution in [2.45, 2.75) is 20.8 Å². The number of rotatable bonds is 2. The Bertz CT molecular complexity index is 853. The molecule has 3 rings (SSSR count). The van der Waals surface area contributed by atoms with Gasteiger partial charge in [0.05, 0.1) is 5.69 Å². The van der Waals surface area contributed by atoms with Gasteiger partial charge in [0, 0.05) is 17.3 Å². The Morgan fingerprint density at radius 3 is 2.62 bits per heavy atom.